The van der Waals surface area contributed by atoms with Crippen LogP contribution >= 0.6 is 0 Å². The van der Waals surface area contributed by atoms with Crippen LogP contribution in [0, 0.1) is 0 Å². The van der Waals surface area contributed by atoms with Gasteiger partial charge in [-0.05, 0) is 37.1 Å². The first-order valence-electron chi connectivity index (χ1n) is 7.74. The molecule has 1 fully saturated rings. The predicted molar refractivity (Wildman–Crippen MR) is 86.8 cm³/mol. The van der Waals surface area contributed by atoms with Crippen LogP contribution in [0.4, 0.5) is 8.78 Å². The van der Waals surface area contributed by atoms with Crippen LogP contribution in [0.15, 0.2) is 36.9 Å². The molecule has 3 rings (SSSR count). The van der Waals surface area contributed by atoms with E-state index in [-0.39, 0.29) is 18.5 Å². The second-order valence-corrected chi connectivity index (χ2v) is 6.29. The lowest BCUT2D eigenvalue weighted by Gasteiger charge is -2.14. The molecule has 1 aromatic carbocycles. The van der Waals surface area contributed by atoms with Gasteiger partial charge in [0.25, 0.3) is 0 Å². The molecule has 1 aromatic heterocycles. The van der Waals surface area contributed by atoms with E-state index in [1.165, 1.54) is 10.7 Å². The highest BCUT2D eigenvalue weighted by Crippen LogP contribution is 2.44. The molecule has 1 N–H and O–H groups in total. The Kier molecular flexibility index (Phi) is 3.99. The average molecular weight is 332 g/mol. The number of aromatic carboxylic acids is 1. The van der Waals surface area contributed by atoms with Crippen molar-refractivity contribution in [3.8, 4) is 5.69 Å². The fourth-order valence-corrected chi connectivity index (χ4v) is 3.09. The summed E-state index contributed by atoms with van der Waals surface area (Å²) in [6.45, 7) is 5.75. The molecule has 0 saturated heterocycles. The lowest BCUT2D eigenvalue weighted by Crippen LogP contribution is -2.11. The van der Waals surface area contributed by atoms with E-state index in [1.807, 2.05) is 19.1 Å². The van der Waals surface area contributed by atoms with Gasteiger partial charge in [-0.3, -0.25) is 0 Å². The molecule has 6 heteroatoms. The lowest BCUT2D eigenvalue weighted by atomic mass is 10.0. The van der Waals surface area contributed by atoms with Gasteiger partial charge in [-0.25, -0.2) is 18.3 Å². The molecule has 1 aliphatic carbocycles. The smallest absolute Gasteiger partial charge is 0.356 e. The summed E-state index contributed by atoms with van der Waals surface area (Å²) >= 11 is 0. The number of halogens is 2. The highest BCUT2D eigenvalue weighted by Gasteiger charge is 2.41. The molecule has 1 heterocycles. The number of benzene rings is 1. The van der Waals surface area contributed by atoms with Crippen molar-refractivity contribution in [3.63, 3.8) is 0 Å². The molecule has 0 aliphatic heterocycles. The van der Waals surface area contributed by atoms with E-state index in [0.717, 1.165) is 11.1 Å². The number of carboxylic acid groups (broad SMARTS) is 1. The molecule has 0 spiro atoms. The van der Waals surface area contributed by atoms with Crippen LogP contribution in [0.1, 0.15) is 53.8 Å². The maximum absolute atomic E-state index is 13.6. The van der Waals surface area contributed by atoms with Crippen molar-refractivity contribution in [1.29, 1.82) is 0 Å². The Morgan fingerprint density at radius 3 is 2.54 bits per heavy atom. The number of nitrogens with zero attached hydrogens (tertiary/aromatic N) is 2. The number of allylic oxidation sites excluding steroid dienone is 1. The third-order valence-electron chi connectivity index (χ3n) is 4.38. The standard InChI is InChI=1S/C18H18F2N2O2/c1-11(2)12-3-5-14(6-4-12)22-16(9-15(21-22)17(23)24)13-7-8-18(19,20)10-13/h3-6,9,13H,1,7-8,10H2,2H3,(H,23,24). The quantitative estimate of drug-likeness (QED) is 0.896. The molecule has 2 aromatic rings. The van der Waals surface area contributed by atoms with Crippen LogP contribution in [-0.4, -0.2) is 26.8 Å². The molecule has 1 aliphatic rings. The Labute approximate surface area is 138 Å². The molecule has 0 bridgehead atoms. The molecule has 1 atom stereocenters. The van der Waals surface area contributed by atoms with Crippen LogP contribution in [0.2, 0.25) is 0 Å². The molecule has 0 amide bonds. The summed E-state index contributed by atoms with van der Waals surface area (Å²) in [5.74, 6) is -4.27. The van der Waals surface area contributed by atoms with Gasteiger partial charge in [0.2, 0.25) is 5.92 Å². The SMILES string of the molecule is C=C(C)c1ccc(-n2nc(C(=O)O)cc2C2CCC(F)(F)C2)cc1. The second kappa shape index (κ2) is 5.85. The molecule has 4 nitrogen and oxygen atoms in total. The van der Waals surface area contributed by atoms with Gasteiger partial charge >= 0.3 is 5.97 Å². The van der Waals surface area contributed by atoms with Crippen molar-refractivity contribution in [2.24, 2.45) is 0 Å². The van der Waals surface area contributed by atoms with Gasteiger partial charge in [0.15, 0.2) is 5.69 Å². The predicted octanol–water partition coefficient (Wildman–Crippen LogP) is 4.51. The van der Waals surface area contributed by atoms with Crippen molar-refractivity contribution in [1.82, 2.24) is 9.78 Å². The molecule has 1 unspecified atom stereocenters. The molecule has 0 radical (unpaired) electrons. The Morgan fingerprint density at radius 2 is 2.04 bits per heavy atom. The summed E-state index contributed by atoms with van der Waals surface area (Å²) < 4.78 is 28.6. The van der Waals surface area contributed by atoms with Gasteiger partial charge in [-0.15, -0.1) is 0 Å². The second-order valence-electron chi connectivity index (χ2n) is 6.29. The lowest BCUT2D eigenvalue weighted by molar-refractivity contribution is 0.00759. The van der Waals surface area contributed by atoms with Crippen molar-refractivity contribution in [2.75, 3.05) is 0 Å². The molecule has 24 heavy (non-hydrogen) atoms. The van der Waals surface area contributed by atoms with Crippen LogP contribution in [0.5, 0.6) is 0 Å². The minimum absolute atomic E-state index is 0.135. The number of aromatic nitrogens is 2. The van der Waals surface area contributed by atoms with E-state index in [0.29, 0.717) is 17.8 Å². The first-order chi connectivity index (χ1) is 11.3. The maximum atomic E-state index is 13.6. The van der Waals surface area contributed by atoms with E-state index in [9.17, 15) is 18.7 Å². The topological polar surface area (TPSA) is 55.1 Å². The van der Waals surface area contributed by atoms with E-state index in [4.69, 9.17) is 0 Å². The summed E-state index contributed by atoms with van der Waals surface area (Å²) in [4.78, 5) is 11.2. The van der Waals surface area contributed by atoms with Gasteiger partial charge in [0.05, 0.1) is 5.69 Å². The first-order valence-corrected chi connectivity index (χ1v) is 7.74. The zero-order valence-corrected chi connectivity index (χ0v) is 13.3. The summed E-state index contributed by atoms with van der Waals surface area (Å²) in [5, 5.41) is 13.3. The minimum Gasteiger partial charge on any atom is -0.476 e. The fourth-order valence-electron chi connectivity index (χ4n) is 3.09. The Bertz CT molecular complexity index is 794. The molecule has 126 valence electrons. The van der Waals surface area contributed by atoms with Crippen LogP contribution in [0.3, 0.4) is 0 Å². The summed E-state index contributed by atoms with van der Waals surface area (Å²) in [7, 11) is 0. The van der Waals surface area contributed by atoms with Crippen LogP contribution in [-0.2, 0) is 0 Å². The number of hydrogen-bond donors (Lipinski definition) is 1. The average Bonchev–Trinajstić information content (AvgIpc) is 3.10. The molecule has 1 saturated carbocycles. The van der Waals surface area contributed by atoms with Crippen LogP contribution in [0.25, 0.3) is 11.3 Å². The number of rotatable bonds is 4. The summed E-state index contributed by atoms with van der Waals surface area (Å²) in [6, 6.07) is 8.69. The zero-order chi connectivity index (χ0) is 17.5. The first kappa shape index (κ1) is 16.4. The van der Waals surface area contributed by atoms with Crippen molar-refractivity contribution in [2.45, 2.75) is 38.0 Å². The number of alkyl halides is 2. The van der Waals surface area contributed by atoms with E-state index < -0.39 is 17.8 Å². The Balaban J connectivity index is 2.03. The third kappa shape index (κ3) is 3.09. The van der Waals surface area contributed by atoms with E-state index >= 15 is 0 Å². The molecular formula is C18H18F2N2O2. The van der Waals surface area contributed by atoms with Crippen molar-refractivity contribution >= 4 is 11.5 Å². The fraction of sp³-hybridized carbons (Fsp3) is 0.333. The van der Waals surface area contributed by atoms with Crippen molar-refractivity contribution < 1.29 is 18.7 Å². The van der Waals surface area contributed by atoms with Crippen molar-refractivity contribution in [3.05, 3.63) is 53.9 Å². The maximum Gasteiger partial charge on any atom is 0.356 e. The van der Waals surface area contributed by atoms with E-state index in [1.54, 1.807) is 12.1 Å². The zero-order valence-electron chi connectivity index (χ0n) is 13.3. The Morgan fingerprint density at radius 1 is 1.38 bits per heavy atom. The highest BCUT2D eigenvalue weighted by molar-refractivity contribution is 5.85. The number of carbonyl (C=O) groups is 1. The van der Waals surface area contributed by atoms with Gasteiger partial charge < -0.3 is 5.11 Å². The monoisotopic (exact) mass is 332 g/mol. The number of carboxylic acids is 1. The third-order valence-corrected chi connectivity index (χ3v) is 4.38. The largest absolute Gasteiger partial charge is 0.476 e. The normalized spacial score (nSPS) is 19.4. The van der Waals surface area contributed by atoms with Crippen LogP contribution < -0.4 is 0 Å². The van der Waals surface area contributed by atoms with E-state index in [2.05, 4.69) is 11.7 Å². The van der Waals surface area contributed by atoms with Gasteiger partial charge in [-0.1, -0.05) is 24.3 Å². The summed E-state index contributed by atoms with van der Waals surface area (Å²) in [6.07, 6.45) is -0.136. The number of hydrogen-bond acceptors (Lipinski definition) is 2. The van der Waals surface area contributed by atoms with Gasteiger partial charge in [0.1, 0.15) is 0 Å². The summed E-state index contributed by atoms with van der Waals surface area (Å²) in [5.41, 5.74) is 2.90. The van der Waals surface area contributed by atoms with Gasteiger partial charge in [0, 0.05) is 24.5 Å². The molecular weight excluding hydrogens is 314 g/mol. The highest BCUT2D eigenvalue weighted by atomic mass is 19.3. The Hall–Kier alpha value is -2.50. The van der Waals surface area contributed by atoms with Gasteiger partial charge in [-0.2, -0.15) is 5.10 Å². The minimum atomic E-state index is -2.70.